The van der Waals surface area contributed by atoms with Crippen LogP contribution in [0.1, 0.15) is 56.3 Å². The molecule has 2 nitrogen and oxygen atoms in total. The molecule has 0 radical (unpaired) electrons. The standard InChI is InChI=1S/C12H22N2S/c1-5-10(6-2)13-7-11-8-14-12(15-11)9(3)4/h8-10,13H,5-7H2,1-4H3. The van der Waals surface area contributed by atoms with Gasteiger partial charge in [-0.3, -0.25) is 0 Å². The van der Waals surface area contributed by atoms with Crippen LogP contribution in [-0.2, 0) is 6.54 Å². The number of thiazole rings is 1. The molecular formula is C12H22N2S. The van der Waals surface area contributed by atoms with Crippen LogP contribution in [0.25, 0.3) is 0 Å². The number of hydrogen-bond donors (Lipinski definition) is 1. The van der Waals surface area contributed by atoms with E-state index in [2.05, 4.69) is 38.0 Å². The average Bonchev–Trinajstić information content (AvgIpc) is 2.68. The Morgan fingerprint density at radius 2 is 2.00 bits per heavy atom. The van der Waals surface area contributed by atoms with Crippen molar-refractivity contribution in [3.05, 3.63) is 16.1 Å². The fourth-order valence-electron chi connectivity index (χ4n) is 1.49. The summed E-state index contributed by atoms with van der Waals surface area (Å²) in [6, 6.07) is 0.648. The highest BCUT2D eigenvalue weighted by molar-refractivity contribution is 7.11. The van der Waals surface area contributed by atoms with E-state index in [-0.39, 0.29) is 0 Å². The van der Waals surface area contributed by atoms with Gasteiger partial charge in [0.05, 0.1) is 5.01 Å². The SMILES string of the molecule is CCC(CC)NCc1cnc(C(C)C)s1. The summed E-state index contributed by atoms with van der Waals surface area (Å²) >= 11 is 1.83. The summed E-state index contributed by atoms with van der Waals surface area (Å²) < 4.78 is 0. The molecule has 0 saturated heterocycles. The lowest BCUT2D eigenvalue weighted by Gasteiger charge is -2.13. The van der Waals surface area contributed by atoms with Gasteiger partial charge < -0.3 is 5.32 Å². The Labute approximate surface area is 97.1 Å². The molecular weight excluding hydrogens is 204 g/mol. The third kappa shape index (κ3) is 3.92. The molecule has 1 aromatic heterocycles. The third-order valence-electron chi connectivity index (χ3n) is 2.62. The van der Waals surface area contributed by atoms with E-state index < -0.39 is 0 Å². The molecule has 0 aromatic carbocycles. The van der Waals surface area contributed by atoms with Crippen molar-refractivity contribution in [1.29, 1.82) is 0 Å². The van der Waals surface area contributed by atoms with Gasteiger partial charge in [-0.15, -0.1) is 11.3 Å². The summed E-state index contributed by atoms with van der Waals surface area (Å²) in [7, 11) is 0. The van der Waals surface area contributed by atoms with E-state index in [1.54, 1.807) is 0 Å². The molecule has 3 heteroatoms. The van der Waals surface area contributed by atoms with Crippen molar-refractivity contribution in [3.63, 3.8) is 0 Å². The van der Waals surface area contributed by atoms with Crippen LogP contribution in [0.15, 0.2) is 6.20 Å². The maximum atomic E-state index is 4.42. The van der Waals surface area contributed by atoms with E-state index in [1.807, 2.05) is 17.5 Å². The van der Waals surface area contributed by atoms with Gasteiger partial charge in [-0.1, -0.05) is 27.7 Å². The first-order valence-corrected chi connectivity index (χ1v) is 6.67. The summed E-state index contributed by atoms with van der Waals surface area (Å²) in [5.41, 5.74) is 0. The zero-order valence-corrected chi connectivity index (χ0v) is 11.0. The molecule has 86 valence electrons. The summed E-state index contributed by atoms with van der Waals surface area (Å²) in [5, 5.41) is 4.80. The monoisotopic (exact) mass is 226 g/mol. The van der Waals surface area contributed by atoms with Crippen LogP contribution in [0.3, 0.4) is 0 Å². The van der Waals surface area contributed by atoms with Crippen molar-refractivity contribution >= 4 is 11.3 Å². The van der Waals surface area contributed by atoms with Gasteiger partial charge in [0, 0.05) is 29.6 Å². The van der Waals surface area contributed by atoms with E-state index in [4.69, 9.17) is 0 Å². The molecule has 0 aliphatic heterocycles. The molecule has 0 bridgehead atoms. The van der Waals surface area contributed by atoms with E-state index in [1.165, 1.54) is 22.7 Å². The normalized spacial score (nSPS) is 11.6. The van der Waals surface area contributed by atoms with Crippen molar-refractivity contribution in [1.82, 2.24) is 10.3 Å². The number of hydrogen-bond acceptors (Lipinski definition) is 3. The Balaban J connectivity index is 2.43. The zero-order valence-electron chi connectivity index (χ0n) is 10.2. The Morgan fingerprint density at radius 1 is 1.33 bits per heavy atom. The molecule has 1 aromatic rings. The number of nitrogens with zero attached hydrogens (tertiary/aromatic N) is 1. The van der Waals surface area contributed by atoms with Crippen LogP contribution < -0.4 is 5.32 Å². The van der Waals surface area contributed by atoms with Crippen molar-refractivity contribution in [3.8, 4) is 0 Å². The predicted molar refractivity (Wildman–Crippen MR) is 67.4 cm³/mol. The molecule has 0 aliphatic carbocycles. The highest BCUT2D eigenvalue weighted by Crippen LogP contribution is 2.20. The Morgan fingerprint density at radius 3 is 2.47 bits per heavy atom. The second-order valence-electron chi connectivity index (χ2n) is 4.21. The van der Waals surface area contributed by atoms with Crippen LogP contribution in [0.4, 0.5) is 0 Å². The Kier molecular flexibility index (Phi) is 5.26. The van der Waals surface area contributed by atoms with Gasteiger partial charge in [0.2, 0.25) is 0 Å². The first-order valence-electron chi connectivity index (χ1n) is 5.85. The van der Waals surface area contributed by atoms with E-state index >= 15 is 0 Å². The van der Waals surface area contributed by atoms with Gasteiger partial charge in [-0.2, -0.15) is 0 Å². The quantitative estimate of drug-likeness (QED) is 0.802. The number of rotatable bonds is 6. The fraction of sp³-hybridized carbons (Fsp3) is 0.750. The predicted octanol–water partition coefficient (Wildman–Crippen LogP) is 3.54. The van der Waals surface area contributed by atoms with Gasteiger partial charge in [0.1, 0.15) is 0 Å². The largest absolute Gasteiger partial charge is 0.309 e. The minimum absolute atomic E-state index is 0.553. The van der Waals surface area contributed by atoms with Gasteiger partial charge in [0.25, 0.3) is 0 Å². The lowest BCUT2D eigenvalue weighted by Crippen LogP contribution is -2.26. The molecule has 0 aliphatic rings. The molecule has 1 heterocycles. The van der Waals surface area contributed by atoms with E-state index in [0.717, 1.165) is 6.54 Å². The number of nitrogens with one attached hydrogen (secondary N) is 1. The minimum atomic E-state index is 0.553. The molecule has 0 atom stereocenters. The van der Waals surface area contributed by atoms with Crippen LogP contribution in [0.5, 0.6) is 0 Å². The summed E-state index contributed by atoms with van der Waals surface area (Å²) in [4.78, 5) is 5.78. The lowest BCUT2D eigenvalue weighted by atomic mass is 10.2. The highest BCUT2D eigenvalue weighted by atomic mass is 32.1. The smallest absolute Gasteiger partial charge is 0.0953 e. The summed E-state index contributed by atoms with van der Waals surface area (Å²) in [6.45, 7) is 9.81. The van der Waals surface area contributed by atoms with Crippen molar-refractivity contribution in [2.75, 3.05) is 0 Å². The zero-order chi connectivity index (χ0) is 11.3. The third-order valence-corrected chi connectivity index (χ3v) is 3.91. The van der Waals surface area contributed by atoms with Gasteiger partial charge >= 0.3 is 0 Å². The van der Waals surface area contributed by atoms with Gasteiger partial charge in [0.15, 0.2) is 0 Å². The molecule has 0 amide bonds. The van der Waals surface area contributed by atoms with Crippen LogP contribution in [0, 0.1) is 0 Å². The molecule has 0 unspecified atom stereocenters. The van der Waals surface area contributed by atoms with Gasteiger partial charge in [-0.25, -0.2) is 4.98 Å². The second kappa shape index (κ2) is 6.23. The van der Waals surface area contributed by atoms with Crippen LogP contribution in [0.2, 0.25) is 0 Å². The Bertz CT molecular complexity index is 277. The molecule has 1 rings (SSSR count). The van der Waals surface area contributed by atoms with Crippen molar-refractivity contribution in [2.45, 2.75) is 59.0 Å². The minimum Gasteiger partial charge on any atom is -0.309 e. The first-order chi connectivity index (χ1) is 7.17. The van der Waals surface area contributed by atoms with Crippen molar-refractivity contribution < 1.29 is 0 Å². The second-order valence-corrected chi connectivity index (χ2v) is 5.36. The number of aromatic nitrogens is 1. The fourth-order valence-corrected chi connectivity index (χ4v) is 2.36. The maximum Gasteiger partial charge on any atom is 0.0953 e. The van der Waals surface area contributed by atoms with Crippen molar-refractivity contribution in [2.24, 2.45) is 0 Å². The average molecular weight is 226 g/mol. The topological polar surface area (TPSA) is 24.9 Å². The van der Waals surface area contributed by atoms with E-state index in [9.17, 15) is 0 Å². The maximum absolute atomic E-state index is 4.42. The Hall–Kier alpha value is -0.410. The van der Waals surface area contributed by atoms with Crippen LogP contribution in [-0.4, -0.2) is 11.0 Å². The molecule has 0 fully saturated rings. The summed E-state index contributed by atoms with van der Waals surface area (Å²) in [6.07, 6.45) is 4.41. The highest BCUT2D eigenvalue weighted by Gasteiger charge is 2.07. The molecule has 15 heavy (non-hydrogen) atoms. The van der Waals surface area contributed by atoms with E-state index in [0.29, 0.717) is 12.0 Å². The lowest BCUT2D eigenvalue weighted by molar-refractivity contribution is 0.486. The first kappa shape index (κ1) is 12.7. The van der Waals surface area contributed by atoms with Crippen LogP contribution >= 0.6 is 11.3 Å². The molecule has 0 spiro atoms. The van der Waals surface area contributed by atoms with Gasteiger partial charge in [-0.05, 0) is 12.8 Å². The molecule has 1 N–H and O–H groups in total. The molecule has 0 saturated carbocycles. The summed E-state index contributed by atoms with van der Waals surface area (Å²) in [5.74, 6) is 0.553.